The zero-order valence-corrected chi connectivity index (χ0v) is 13.8. The average Bonchev–Trinajstić information content (AvgIpc) is 2.96. The molecule has 0 spiro atoms. The summed E-state index contributed by atoms with van der Waals surface area (Å²) >= 11 is 0. The van der Waals surface area contributed by atoms with E-state index < -0.39 is 0 Å². The number of hydrogen-bond donors (Lipinski definition) is 2. The van der Waals surface area contributed by atoms with E-state index in [0.717, 1.165) is 31.4 Å². The molecule has 4 nitrogen and oxygen atoms in total. The van der Waals surface area contributed by atoms with Gasteiger partial charge in [0.15, 0.2) is 0 Å². The molecule has 2 fully saturated rings. The number of halogens is 1. The van der Waals surface area contributed by atoms with Crippen LogP contribution in [0.2, 0.25) is 0 Å². The number of benzene rings is 1. The van der Waals surface area contributed by atoms with Crippen molar-refractivity contribution in [1.82, 2.24) is 10.6 Å². The minimum Gasteiger partial charge on any atom is -0.371 e. The van der Waals surface area contributed by atoms with Crippen molar-refractivity contribution in [1.29, 1.82) is 0 Å². The average molecular weight is 325 g/mol. The normalized spacial score (nSPS) is 31.3. The van der Waals surface area contributed by atoms with E-state index in [1.54, 1.807) is 0 Å². The smallest absolute Gasteiger partial charge is 0.223 e. The van der Waals surface area contributed by atoms with Gasteiger partial charge in [-0.1, -0.05) is 30.3 Å². The first-order valence-corrected chi connectivity index (χ1v) is 7.94. The molecule has 1 aromatic rings. The minimum absolute atomic E-state index is 0. The summed E-state index contributed by atoms with van der Waals surface area (Å²) in [5, 5.41) is 6.62. The van der Waals surface area contributed by atoms with Gasteiger partial charge < -0.3 is 15.4 Å². The van der Waals surface area contributed by atoms with Crippen molar-refractivity contribution < 1.29 is 9.53 Å². The summed E-state index contributed by atoms with van der Waals surface area (Å²) in [6, 6.07) is 10.7. The van der Waals surface area contributed by atoms with Gasteiger partial charge in [-0.05, 0) is 38.3 Å². The van der Waals surface area contributed by atoms with E-state index in [-0.39, 0.29) is 36.4 Å². The van der Waals surface area contributed by atoms with Crippen LogP contribution in [0.4, 0.5) is 0 Å². The maximum Gasteiger partial charge on any atom is 0.223 e. The van der Waals surface area contributed by atoms with Crippen molar-refractivity contribution in [2.24, 2.45) is 5.92 Å². The molecule has 0 saturated carbocycles. The van der Waals surface area contributed by atoms with Crippen LogP contribution in [0.1, 0.15) is 37.9 Å². The van der Waals surface area contributed by atoms with Crippen LogP contribution in [0, 0.1) is 5.92 Å². The topological polar surface area (TPSA) is 50.4 Å². The molecular weight excluding hydrogens is 300 g/mol. The molecule has 1 aromatic carbocycles. The van der Waals surface area contributed by atoms with Gasteiger partial charge in [0, 0.05) is 18.6 Å². The Morgan fingerprint density at radius 2 is 2.05 bits per heavy atom. The predicted molar refractivity (Wildman–Crippen MR) is 89.1 cm³/mol. The molecule has 22 heavy (non-hydrogen) atoms. The van der Waals surface area contributed by atoms with Crippen molar-refractivity contribution in [2.45, 2.75) is 44.4 Å². The van der Waals surface area contributed by atoms with E-state index in [1.165, 1.54) is 0 Å². The highest BCUT2D eigenvalue weighted by atomic mass is 35.5. The zero-order valence-electron chi connectivity index (χ0n) is 13.0. The van der Waals surface area contributed by atoms with Crippen LogP contribution < -0.4 is 10.6 Å². The van der Waals surface area contributed by atoms with Gasteiger partial charge in [0.25, 0.3) is 0 Å². The summed E-state index contributed by atoms with van der Waals surface area (Å²) in [6.45, 7) is 3.79. The van der Waals surface area contributed by atoms with Crippen LogP contribution >= 0.6 is 12.4 Å². The summed E-state index contributed by atoms with van der Waals surface area (Å²) in [4.78, 5) is 12.5. The number of carbonyl (C=O) groups excluding carboxylic acids is 1. The van der Waals surface area contributed by atoms with E-state index in [1.807, 2.05) is 18.2 Å². The van der Waals surface area contributed by atoms with Crippen molar-refractivity contribution in [3.63, 3.8) is 0 Å². The SMILES string of the molecule is C[C@H]1C[C@@H](C(=O)NC2CCOC2c2ccccc2)CCN1.Cl. The lowest BCUT2D eigenvalue weighted by Gasteiger charge is -2.29. The molecule has 0 bridgehead atoms. The van der Waals surface area contributed by atoms with Gasteiger partial charge in [0.05, 0.1) is 6.04 Å². The highest BCUT2D eigenvalue weighted by Gasteiger charge is 2.33. The molecule has 3 rings (SSSR count). The van der Waals surface area contributed by atoms with Gasteiger partial charge in [-0.3, -0.25) is 4.79 Å². The molecule has 0 aromatic heterocycles. The second-order valence-electron chi connectivity index (χ2n) is 6.18. The summed E-state index contributed by atoms with van der Waals surface area (Å²) < 4.78 is 5.83. The fourth-order valence-corrected chi connectivity index (χ4v) is 3.38. The van der Waals surface area contributed by atoms with E-state index in [9.17, 15) is 4.79 Å². The molecule has 122 valence electrons. The summed E-state index contributed by atoms with van der Waals surface area (Å²) in [5.74, 6) is 0.332. The highest BCUT2D eigenvalue weighted by molar-refractivity contribution is 5.85. The Bertz CT molecular complexity index is 483. The van der Waals surface area contributed by atoms with Crippen LogP contribution in [0.3, 0.4) is 0 Å². The Kier molecular flexibility index (Phi) is 6.24. The molecule has 2 unspecified atom stereocenters. The Morgan fingerprint density at radius 1 is 1.27 bits per heavy atom. The third-order valence-corrected chi connectivity index (χ3v) is 4.54. The van der Waals surface area contributed by atoms with Crippen molar-refractivity contribution >= 4 is 18.3 Å². The van der Waals surface area contributed by atoms with Gasteiger partial charge >= 0.3 is 0 Å². The van der Waals surface area contributed by atoms with Gasteiger partial charge in [-0.2, -0.15) is 0 Å². The highest BCUT2D eigenvalue weighted by Crippen LogP contribution is 2.29. The monoisotopic (exact) mass is 324 g/mol. The van der Waals surface area contributed by atoms with E-state index in [0.29, 0.717) is 12.6 Å². The Labute approximate surface area is 138 Å². The van der Waals surface area contributed by atoms with Gasteiger partial charge in [-0.15, -0.1) is 12.4 Å². The fraction of sp³-hybridized carbons (Fsp3) is 0.588. The summed E-state index contributed by atoms with van der Waals surface area (Å²) in [7, 11) is 0. The molecule has 2 N–H and O–H groups in total. The number of ether oxygens (including phenoxy) is 1. The number of piperidine rings is 1. The second kappa shape index (κ2) is 7.95. The van der Waals surface area contributed by atoms with Crippen LogP contribution in [-0.2, 0) is 9.53 Å². The molecule has 4 atom stereocenters. The zero-order chi connectivity index (χ0) is 14.7. The third kappa shape index (κ3) is 4.00. The minimum atomic E-state index is -0.00529. The first-order chi connectivity index (χ1) is 10.2. The van der Waals surface area contributed by atoms with E-state index >= 15 is 0 Å². The predicted octanol–water partition coefficient (Wildman–Crippen LogP) is 2.44. The lowest BCUT2D eigenvalue weighted by molar-refractivity contribution is -0.127. The van der Waals surface area contributed by atoms with Crippen molar-refractivity contribution in [2.75, 3.05) is 13.2 Å². The van der Waals surface area contributed by atoms with E-state index in [2.05, 4.69) is 29.7 Å². The quantitative estimate of drug-likeness (QED) is 0.898. The molecule has 2 heterocycles. The molecule has 2 aliphatic rings. The number of nitrogens with one attached hydrogen (secondary N) is 2. The first-order valence-electron chi connectivity index (χ1n) is 7.94. The van der Waals surface area contributed by atoms with Crippen LogP contribution in [0.5, 0.6) is 0 Å². The number of rotatable bonds is 3. The number of hydrogen-bond acceptors (Lipinski definition) is 3. The Morgan fingerprint density at radius 3 is 2.77 bits per heavy atom. The molecule has 2 aliphatic heterocycles. The maximum absolute atomic E-state index is 12.5. The fourth-order valence-electron chi connectivity index (χ4n) is 3.38. The van der Waals surface area contributed by atoms with Crippen molar-refractivity contribution in [3.8, 4) is 0 Å². The third-order valence-electron chi connectivity index (χ3n) is 4.54. The first kappa shape index (κ1) is 17.3. The molecular formula is C17H25ClN2O2. The van der Waals surface area contributed by atoms with Crippen LogP contribution in [0.25, 0.3) is 0 Å². The number of carbonyl (C=O) groups is 1. The second-order valence-corrected chi connectivity index (χ2v) is 6.18. The molecule has 1 amide bonds. The maximum atomic E-state index is 12.5. The summed E-state index contributed by atoms with van der Waals surface area (Å²) in [6.07, 6.45) is 2.75. The van der Waals surface area contributed by atoms with Gasteiger partial charge in [0.1, 0.15) is 6.10 Å². The largest absolute Gasteiger partial charge is 0.371 e. The molecule has 0 radical (unpaired) electrons. The van der Waals surface area contributed by atoms with Crippen LogP contribution in [-0.4, -0.2) is 31.1 Å². The molecule has 5 heteroatoms. The lowest BCUT2D eigenvalue weighted by Crippen LogP contribution is -2.46. The molecule has 2 saturated heterocycles. The Balaban J connectivity index is 0.00000176. The van der Waals surface area contributed by atoms with Crippen molar-refractivity contribution in [3.05, 3.63) is 35.9 Å². The molecule has 0 aliphatic carbocycles. The lowest BCUT2D eigenvalue weighted by atomic mass is 9.91. The number of amides is 1. The van der Waals surface area contributed by atoms with Crippen LogP contribution in [0.15, 0.2) is 30.3 Å². The standard InChI is InChI=1S/C17H24N2O2.ClH/c1-12-11-14(7-9-18-12)17(20)19-15-8-10-21-16(15)13-5-3-2-4-6-13;/h2-6,12,14-16,18H,7-11H2,1H3,(H,19,20);1H/t12-,14-,15?,16?;/m0./s1. The summed E-state index contributed by atoms with van der Waals surface area (Å²) in [5.41, 5.74) is 1.15. The van der Waals surface area contributed by atoms with E-state index in [4.69, 9.17) is 4.74 Å². The Hall–Kier alpha value is -1.10. The van der Waals surface area contributed by atoms with Gasteiger partial charge in [0.2, 0.25) is 5.91 Å². The van der Waals surface area contributed by atoms with Gasteiger partial charge in [-0.25, -0.2) is 0 Å².